The Bertz CT molecular complexity index is 527. The Hall–Kier alpha value is -1.84. The predicted octanol–water partition coefficient (Wildman–Crippen LogP) is 1.12. The number of amides is 1. The van der Waals surface area contributed by atoms with Crippen molar-refractivity contribution in [3.63, 3.8) is 0 Å². The van der Waals surface area contributed by atoms with Gasteiger partial charge in [-0.15, -0.1) is 11.3 Å². The first kappa shape index (κ1) is 16.2. The van der Waals surface area contributed by atoms with Crippen molar-refractivity contribution in [2.45, 2.75) is 13.8 Å². The molecule has 0 fully saturated rings. The molecule has 1 heterocycles. The quantitative estimate of drug-likeness (QED) is 0.653. The van der Waals surface area contributed by atoms with E-state index in [1.165, 1.54) is 16.2 Å². The molecular formula is C14H17NO4S. The van der Waals surface area contributed by atoms with Crippen LogP contribution in [0.1, 0.15) is 29.1 Å². The van der Waals surface area contributed by atoms with Gasteiger partial charge in [-0.2, -0.15) is 0 Å². The van der Waals surface area contributed by atoms with Crippen LogP contribution >= 0.6 is 11.3 Å². The number of hydrogen-bond donors (Lipinski definition) is 1. The van der Waals surface area contributed by atoms with Gasteiger partial charge in [-0.3, -0.25) is 9.59 Å². The number of esters is 1. The molecule has 6 heteroatoms. The summed E-state index contributed by atoms with van der Waals surface area (Å²) in [6.45, 7) is 3.97. The molecule has 0 saturated carbocycles. The van der Waals surface area contributed by atoms with Gasteiger partial charge in [0.1, 0.15) is 13.2 Å². The number of likely N-dealkylation sites (N-methyl/N-ethyl adjacent to an activating group) is 1. The Morgan fingerprint density at radius 2 is 2.20 bits per heavy atom. The van der Waals surface area contributed by atoms with Gasteiger partial charge in [0.15, 0.2) is 0 Å². The van der Waals surface area contributed by atoms with Crippen molar-refractivity contribution in [1.29, 1.82) is 0 Å². The minimum atomic E-state index is -0.418. The van der Waals surface area contributed by atoms with E-state index in [0.29, 0.717) is 23.6 Å². The van der Waals surface area contributed by atoms with Gasteiger partial charge in [0.2, 0.25) is 0 Å². The van der Waals surface area contributed by atoms with Gasteiger partial charge < -0.3 is 14.7 Å². The van der Waals surface area contributed by atoms with E-state index in [0.717, 1.165) is 0 Å². The van der Waals surface area contributed by atoms with Crippen LogP contribution in [0.3, 0.4) is 0 Å². The molecule has 1 aromatic rings. The molecule has 20 heavy (non-hydrogen) atoms. The summed E-state index contributed by atoms with van der Waals surface area (Å²) in [5.74, 6) is 4.62. The zero-order valence-corrected chi connectivity index (χ0v) is 12.3. The fourth-order valence-corrected chi connectivity index (χ4v) is 2.26. The lowest BCUT2D eigenvalue weighted by Gasteiger charge is -2.18. The second-order valence-electron chi connectivity index (χ2n) is 3.78. The number of aliphatic hydroxyl groups excluding tert-OH is 1. The first-order valence-electron chi connectivity index (χ1n) is 6.25. The summed E-state index contributed by atoms with van der Waals surface area (Å²) >= 11 is 1.33. The van der Waals surface area contributed by atoms with E-state index in [4.69, 9.17) is 9.84 Å². The van der Waals surface area contributed by atoms with Gasteiger partial charge in [0.05, 0.1) is 17.0 Å². The number of hydrogen-bond acceptors (Lipinski definition) is 5. The predicted molar refractivity (Wildman–Crippen MR) is 76.5 cm³/mol. The Kier molecular flexibility index (Phi) is 6.77. The molecule has 0 atom stereocenters. The summed E-state index contributed by atoms with van der Waals surface area (Å²) < 4.78 is 4.84. The normalized spacial score (nSPS) is 9.55. The molecule has 1 aromatic heterocycles. The monoisotopic (exact) mass is 295 g/mol. The minimum Gasteiger partial charge on any atom is -0.465 e. The Labute approximate surface area is 122 Å². The van der Waals surface area contributed by atoms with Crippen LogP contribution in [0.15, 0.2) is 11.4 Å². The smallest absolute Gasteiger partial charge is 0.325 e. The molecule has 0 unspecified atom stereocenters. The Balaban J connectivity index is 2.75. The average Bonchev–Trinajstić information content (AvgIpc) is 2.91. The highest BCUT2D eigenvalue weighted by Gasteiger charge is 2.18. The van der Waals surface area contributed by atoms with E-state index in [-0.39, 0.29) is 19.1 Å². The lowest BCUT2D eigenvalue weighted by Crippen LogP contribution is -2.36. The summed E-state index contributed by atoms with van der Waals surface area (Å²) in [4.78, 5) is 25.8. The van der Waals surface area contributed by atoms with E-state index in [1.54, 1.807) is 25.3 Å². The molecule has 0 bridgehead atoms. The van der Waals surface area contributed by atoms with Crippen molar-refractivity contribution in [2.24, 2.45) is 0 Å². The first-order chi connectivity index (χ1) is 9.62. The first-order valence-corrected chi connectivity index (χ1v) is 7.13. The summed E-state index contributed by atoms with van der Waals surface area (Å²) in [7, 11) is 0. The summed E-state index contributed by atoms with van der Waals surface area (Å²) in [6.07, 6.45) is 0. The maximum Gasteiger partial charge on any atom is 0.325 e. The number of rotatable bonds is 5. The van der Waals surface area contributed by atoms with Crippen molar-refractivity contribution in [2.75, 3.05) is 26.3 Å². The standard InChI is InChI=1S/C14H17NO4S/c1-3-15(9-13(17)19-4-2)14(18)11-8-12(20-10-11)6-5-7-16/h8,10,16H,3-4,7,9H2,1-2H3. The van der Waals surface area contributed by atoms with Crippen molar-refractivity contribution < 1.29 is 19.4 Å². The van der Waals surface area contributed by atoms with Crippen LogP contribution < -0.4 is 0 Å². The molecule has 0 aliphatic heterocycles. The van der Waals surface area contributed by atoms with Gasteiger partial charge in [-0.1, -0.05) is 11.8 Å². The van der Waals surface area contributed by atoms with Crippen LogP contribution in [0, 0.1) is 11.8 Å². The van der Waals surface area contributed by atoms with Gasteiger partial charge in [-0.05, 0) is 19.9 Å². The molecule has 0 radical (unpaired) electrons. The second-order valence-corrected chi connectivity index (χ2v) is 4.70. The molecule has 108 valence electrons. The second kappa shape index (κ2) is 8.35. The Morgan fingerprint density at radius 3 is 2.80 bits per heavy atom. The van der Waals surface area contributed by atoms with Crippen molar-refractivity contribution in [3.05, 3.63) is 21.9 Å². The third-order valence-electron chi connectivity index (χ3n) is 2.43. The maximum atomic E-state index is 12.2. The molecule has 1 rings (SSSR count). The molecule has 0 aliphatic rings. The minimum absolute atomic E-state index is 0.0589. The van der Waals surface area contributed by atoms with Gasteiger partial charge in [0.25, 0.3) is 5.91 Å². The molecular weight excluding hydrogens is 278 g/mol. The number of carbonyl (C=O) groups excluding carboxylic acids is 2. The zero-order valence-electron chi connectivity index (χ0n) is 11.5. The highest BCUT2D eigenvalue weighted by atomic mass is 32.1. The lowest BCUT2D eigenvalue weighted by atomic mass is 10.2. The molecule has 0 aliphatic carbocycles. The molecule has 0 spiro atoms. The molecule has 5 nitrogen and oxygen atoms in total. The van der Waals surface area contributed by atoms with E-state index in [1.807, 2.05) is 0 Å². The van der Waals surface area contributed by atoms with Gasteiger partial charge in [0, 0.05) is 11.9 Å². The summed E-state index contributed by atoms with van der Waals surface area (Å²) in [5.41, 5.74) is 0.489. The van der Waals surface area contributed by atoms with Crippen LogP contribution in [0.4, 0.5) is 0 Å². The SMILES string of the molecule is CCOC(=O)CN(CC)C(=O)c1csc(C#CCO)c1. The Morgan fingerprint density at radius 1 is 1.45 bits per heavy atom. The van der Waals surface area contributed by atoms with Crippen molar-refractivity contribution in [1.82, 2.24) is 4.90 Å². The van der Waals surface area contributed by atoms with Crippen molar-refractivity contribution >= 4 is 23.2 Å². The number of ether oxygens (including phenoxy) is 1. The van der Waals surface area contributed by atoms with Crippen LogP contribution in [0.2, 0.25) is 0 Å². The third kappa shape index (κ3) is 4.68. The third-order valence-corrected chi connectivity index (χ3v) is 3.28. The van der Waals surface area contributed by atoms with E-state index in [2.05, 4.69) is 11.8 Å². The lowest BCUT2D eigenvalue weighted by molar-refractivity contribution is -0.143. The van der Waals surface area contributed by atoms with Gasteiger partial charge >= 0.3 is 5.97 Å². The zero-order chi connectivity index (χ0) is 15.0. The molecule has 0 saturated heterocycles. The fraction of sp³-hybridized carbons (Fsp3) is 0.429. The highest BCUT2D eigenvalue weighted by molar-refractivity contribution is 7.10. The average molecular weight is 295 g/mol. The fourth-order valence-electron chi connectivity index (χ4n) is 1.51. The molecule has 0 aromatic carbocycles. The number of aliphatic hydroxyl groups is 1. The topological polar surface area (TPSA) is 66.8 Å². The van der Waals surface area contributed by atoms with E-state index < -0.39 is 5.97 Å². The number of carbonyl (C=O) groups is 2. The highest BCUT2D eigenvalue weighted by Crippen LogP contribution is 2.15. The largest absolute Gasteiger partial charge is 0.465 e. The number of thiophene rings is 1. The van der Waals surface area contributed by atoms with Crippen molar-refractivity contribution in [3.8, 4) is 11.8 Å². The molecule has 1 N–H and O–H groups in total. The van der Waals surface area contributed by atoms with Crippen LogP contribution in [0.25, 0.3) is 0 Å². The summed E-state index contributed by atoms with van der Waals surface area (Å²) in [5, 5.41) is 10.3. The van der Waals surface area contributed by atoms with Crippen LogP contribution in [0.5, 0.6) is 0 Å². The molecule has 1 amide bonds. The van der Waals surface area contributed by atoms with Crippen LogP contribution in [-0.2, 0) is 9.53 Å². The van der Waals surface area contributed by atoms with E-state index in [9.17, 15) is 9.59 Å². The maximum absolute atomic E-state index is 12.2. The van der Waals surface area contributed by atoms with Gasteiger partial charge in [-0.25, -0.2) is 0 Å². The van der Waals surface area contributed by atoms with E-state index >= 15 is 0 Å². The summed E-state index contributed by atoms with van der Waals surface area (Å²) in [6, 6.07) is 1.66. The van der Waals surface area contributed by atoms with Crippen LogP contribution in [-0.4, -0.2) is 48.2 Å². The number of nitrogens with zero attached hydrogens (tertiary/aromatic N) is 1.